The maximum Gasteiger partial charge on any atom is 0.341 e. The van der Waals surface area contributed by atoms with Crippen LogP contribution >= 0.6 is 11.3 Å². The number of rotatable bonds is 7. The number of aliphatic carboxylic acids is 1. The van der Waals surface area contributed by atoms with Crippen molar-refractivity contribution in [2.75, 3.05) is 13.2 Å². The molecular formula is C25H22N2O6S. The van der Waals surface area contributed by atoms with Crippen molar-refractivity contribution in [3.63, 3.8) is 0 Å². The van der Waals surface area contributed by atoms with E-state index in [0.29, 0.717) is 26.4 Å². The summed E-state index contributed by atoms with van der Waals surface area (Å²) < 4.78 is 12.4. The average Bonchev–Trinajstić information content (AvgIpc) is 3.12. The molecule has 2 heterocycles. The van der Waals surface area contributed by atoms with Gasteiger partial charge in [0.2, 0.25) is 0 Å². The second kappa shape index (κ2) is 9.88. The predicted octanol–water partition coefficient (Wildman–Crippen LogP) is 2.26. The third-order valence-electron chi connectivity index (χ3n) is 5.17. The van der Waals surface area contributed by atoms with E-state index in [-0.39, 0.29) is 12.2 Å². The van der Waals surface area contributed by atoms with Crippen LogP contribution in [-0.4, -0.2) is 34.8 Å². The van der Waals surface area contributed by atoms with Gasteiger partial charge in [-0.2, -0.15) is 0 Å². The molecule has 0 saturated heterocycles. The largest absolute Gasteiger partial charge is 0.482 e. The first kappa shape index (κ1) is 23.2. The number of benzene rings is 2. The van der Waals surface area contributed by atoms with Gasteiger partial charge in [0.1, 0.15) is 5.75 Å². The maximum absolute atomic E-state index is 13.5. The van der Waals surface area contributed by atoms with Gasteiger partial charge in [-0.3, -0.25) is 9.36 Å². The average molecular weight is 479 g/mol. The van der Waals surface area contributed by atoms with Gasteiger partial charge in [0.05, 0.1) is 28.5 Å². The molecule has 1 aliphatic heterocycles. The Balaban J connectivity index is 1.80. The number of carboxylic acids is 1. The Kier molecular flexibility index (Phi) is 6.74. The highest BCUT2D eigenvalue weighted by Crippen LogP contribution is 2.30. The molecule has 2 aromatic carbocycles. The summed E-state index contributed by atoms with van der Waals surface area (Å²) >= 11 is 1.24. The molecule has 1 N–H and O–H groups in total. The van der Waals surface area contributed by atoms with Crippen LogP contribution in [0.4, 0.5) is 0 Å². The molecule has 1 aliphatic rings. The molecule has 8 nitrogen and oxygen atoms in total. The highest BCUT2D eigenvalue weighted by molar-refractivity contribution is 7.07. The number of thiazole rings is 1. The van der Waals surface area contributed by atoms with E-state index in [9.17, 15) is 14.4 Å². The smallest absolute Gasteiger partial charge is 0.341 e. The number of aromatic nitrogens is 1. The summed E-state index contributed by atoms with van der Waals surface area (Å²) in [6.07, 6.45) is 1.73. The molecule has 1 atom stereocenters. The number of esters is 1. The van der Waals surface area contributed by atoms with Crippen LogP contribution in [0.2, 0.25) is 0 Å². The van der Waals surface area contributed by atoms with E-state index in [1.54, 1.807) is 44.2 Å². The van der Waals surface area contributed by atoms with Gasteiger partial charge in [0, 0.05) is 0 Å². The van der Waals surface area contributed by atoms with Crippen LogP contribution in [0.15, 0.2) is 75.7 Å². The van der Waals surface area contributed by atoms with Crippen LogP contribution in [0.5, 0.6) is 5.75 Å². The van der Waals surface area contributed by atoms with Gasteiger partial charge >= 0.3 is 11.9 Å². The van der Waals surface area contributed by atoms with E-state index in [4.69, 9.17) is 14.6 Å². The summed E-state index contributed by atoms with van der Waals surface area (Å²) in [5, 5.41) is 8.73. The van der Waals surface area contributed by atoms with Crippen molar-refractivity contribution in [1.82, 2.24) is 4.57 Å². The molecule has 0 aliphatic carbocycles. The zero-order valence-corrected chi connectivity index (χ0v) is 19.4. The Hall–Kier alpha value is -3.98. The quantitative estimate of drug-likeness (QED) is 0.522. The van der Waals surface area contributed by atoms with Crippen molar-refractivity contribution >= 4 is 29.4 Å². The minimum atomic E-state index is -1.06. The van der Waals surface area contributed by atoms with Gasteiger partial charge in [-0.25, -0.2) is 14.6 Å². The lowest BCUT2D eigenvalue weighted by Crippen LogP contribution is -2.39. The Labute approximate surface area is 198 Å². The molecule has 0 saturated carbocycles. The summed E-state index contributed by atoms with van der Waals surface area (Å²) in [6.45, 7) is 3.26. The van der Waals surface area contributed by atoms with Crippen LogP contribution in [-0.2, 0) is 14.3 Å². The molecule has 0 radical (unpaired) electrons. The fourth-order valence-corrected chi connectivity index (χ4v) is 4.75. The van der Waals surface area contributed by atoms with Crippen molar-refractivity contribution in [2.45, 2.75) is 19.9 Å². The number of allylic oxidation sites excluding steroid dienone is 1. The fourth-order valence-electron chi connectivity index (χ4n) is 3.70. The number of hydrogen-bond acceptors (Lipinski definition) is 7. The molecule has 3 aromatic rings. The van der Waals surface area contributed by atoms with Gasteiger partial charge < -0.3 is 14.6 Å². The zero-order valence-electron chi connectivity index (χ0n) is 18.6. The van der Waals surface area contributed by atoms with E-state index in [1.165, 1.54) is 15.9 Å². The van der Waals surface area contributed by atoms with E-state index < -0.39 is 24.6 Å². The van der Waals surface area contributed by atoms with Gasteiger partial charge in [-0.05, 0) is 43.2 Å². The van der Waals surface area contributed by atoms with E-state index in [0.717, 1.165) is 11.1 Å². The van der Waals surface area contributed by atoms with Crippen LogP contribution in [0, 0.1) is 0 Å². The Morgan fingerprint density at radius 2 is 1.85 bits per heavy atom. The Bertz CT molecular complexity index is 1440. The molecule has 0 spiro atoms. The Morgan fingerprint density at radius 1 is 1.15 bits per heavy atom. The first-order valence-electron chi connectivity index (χ1n) is 10.6. The number of carbonyl (C=O) groups excluding carboxylic acids is 1. The van der Waals surface area contributed by atoms with Crippen molar-refractivity contribution in [3.8, 4) is 5.75 Å². The first-order chi connectivity index (χ1) is 16.4. The van der Waals surface area contributed by atoms with Gasteiger partial charge in [-0.15, -0.1) is 0 Å². The molecule has 0 fully saturated rings. The number of ether oxygens (including phenoxy) is 2. The SMILES string of the molecule is CCOC(=O)C1=C(C)N=c2s/c(=C/c3ccc(OCC(=O)O)cc3)c(=O)n2C1c1ccccc1. The molecule has 4 rings (SSSR count). The minimum absolute atomic E-state index is 0.216. The Morgan fingerprint density at radius 3 is 2.50 bits per heavy atom. The van der Waals surface area contributed by atoms with Crippen molar-refractivity contribution in [1.29, 1.82) is 0 Å². The summed E-state index contributed by atoms with van der Waals surface area (Å²) in [7, 11) is 0. The topological polar surface area (TPSA) is 107 Å². The van der Waals surface area contributed by atoms with Crippen LogP contribution in [0.1, 0.15) is 31.0 Å². The summed E-state index contributed by atoms with van der Waals surface area (Å²) in [5.41, 5.74) is 2.11. The summed E-state index contributed by atoms with van der Waals surface area (Å²) in [6, 6.07) is 15.4. The molecule has 0 bridgehead atoms. The number of nitrogens with zero attached hydrogens (tertiary/aromatic N) is 2. The lowest BCUT2D eigenvalue weighted by atomic mass is 9.96. The van der Waals surface area contributed by atoms with Crippen LogP contribution in [0.25, 0.3) is 6.08 Å². The lowest BCUT2D eigenvalue weighted by molar-refractivity contribution is -0.140. The fraction of sp³-hybridized carbons (Fsp3) is 0.200. The normalized spacial score (nSPS) is 15.5. The maximum atomic E-state index is 13.5. The molecule has 1 unspecified atom stereocenters. The third kappa shape index (κ3) is 4.69. The molecular weight excluding hydrogens is 456 g/mol. The number of fused-ring (bicyclic) bond motifs is 1. The van der Waals surface area contributed by atoms with Crippen LogP contribution < -0.4 is 19.6 Å². The second-order valence-electron chi connectivity index (χ2n) is 7.46. The third-order valence-corrected chi connectivity index (χ3v) is 6.16. The van der Waals surface area contributed by atoms with E-state index >= 15 is 0 Å². The molecule has 34 heavy (non-hydrogen) atoms. The van der Waals surface area contributed by atoms with E-state index in [1.807, 2.05) is 30.3 Å². The summed E-state index contributed by atoms with van der Waals surface area (Å²) in [5.74, 6) is -1.14. The minimum Gasteiger partial charge on any atom is -0.482 e. The number of hydrogen-bond donors (Lipinski definition) is 1. The zero-order chi connectivity index (χ0) is 24.2. The van der Waals surface area contributed by atoms with Gasteiger partial charge in [0.15, 0.2) is 11.4 Å². The lowest BCUT2D eigenvalue weighted by Gasteiger charge is -2.24. The van der Waals surface area contributed by atoms with Gasteiger partial charge in [0.25, 0.3) is 5.56 Å². The highest BCUT2D eigenvalue weighted by Gasteiger charge is 2.33. The predicted molar refractivity (Wildman–Crippen MR) is 126 cm³/mol. The summed E-state index contributed by atoms with van der Waals surface area (Å²) in [4.78, 5) is 42.0. The van der Waals surface area contributed by atoms with Crippen LogP contribution in [0.3, 0.4) is 0 Å². The highest BCUT2D eigenvalue weighted by atomic mass is 32.1. The van der Waals surface area contributed by atoms with Crippen molar-refractivity contribution in [2.24, 2.45) is 4.99 Å². The second-order valence-corrected chi connectivity index (χ2v) is 8.47. The van der Waals surface area contributed by atoms with E-state index in [2.05, 4.69) is 4.99 Å². The van der Waals surface area contributed by atoms with Crippen molar-refractivity contribution < 1.29 is 24.2 Å². The molecule has 9 heteroatoms. The van der Waals surface area contributed by atoms with Crippen molar-refractivity contribution in [3.05, 3.63) is 96.7 Å². The molecule has 174 valence electrons. The molecule has 1 aromatic heterocycles. The standard InChI is InChI=1S/C25H22N2O6S/c1-3-32-24(31)21-15(2)26-25-27(22(21)17-7-5-4-6-8-17)23(30)19(34-25)13-16-9-11-18(12-10-16)33-14-20(28)29/h4-13,22H,3,14H2,1-2H3,(H,28,29)/b19-13+. The molecule has 0 amide bonds. The number of carboxylic acid groups (broad SMARTS) is 1. The van der Waals surface area contributed by atoms with Gasteiger partial charge in [-0.1, -0.05) is 53.8 Å². The number of carbonyl (C=O) groups is 2. The first-order valence-corrected chi connectivity index (χ1v) is 11.4. The monoisotopic (exact) mass is 478 g/mol.